The lowest BCUT2D eigenvalue weighted by Gasteiger charge is -2.34. The van der Waals surface area contributed by atoms with Crippen LogP contribution in [-0.2, 0) is 4.74 Å². The lowest BCUT2D eigenvalue weighted by molar-refractivity contribution is -0.0413. The Labute approximate surface area is 173 Å². The summed E-state index contributed by atoms with van der Waals surface area (Å²) in [5.41, 5.74) is 1.26. The normalized spacial score (nSPS) is 16.2. The minimum Gasteiger partial charge on any atom is -0.492 e. The smallest absolute Gasteiger partial charge is 0.492 e. The highest BCUT2D eigenvalue weighted by molar-refractivity contribution is 6.31. The maximum atomic E-state index is 12.9. The van der Waals surface area contributed by atoms with E-state index >= 15 is 0 Å². The predicted molar refractivity (Wildman–Crippen MR) is 107 cm³/mol. The first-order chi connectivity index (χ1) is 14.0. The number of carboxylic acid groups (broad SMARTS) is 1. The van der Waals surface area contributed by atoms with Crippen LogP contribution in [0.3, 0.4) is 0 Å². The second-order valence-electron chi connectivity index (χ2n) is 6.52. The van der Waals surface area contributed by atoms with Crippen LogP contribution in [0, 0.1) is 0 Å². The molecular formula is C20H22ClN3O5. The Morgan fingerprint density at radius 1 is 1.24 bits per heavy atom. The van der Waals surface area contributed by atoms with Crippen LogP contribution in [0.4, 0.5) is 10.5 Å². The van der Waals surface area contributed by atoms with E-state index in [1.165, 1.54) is 4.90 Å². The Balaban J connectivity index is 1.62. The third kappa shape index (κ3) is 5.99. The SMILES string of the molecule is O=C(O)OC1CCCCN1C(=O)c1cc(Cl)cc(OCCNc2ccncc2)c1. The number of nitrogens with zero attached hydrogens (tertiary/aromatic N) is 2. The number of pyridine rings is 1. The summed E-state index contributed by atoms with van der Waals surface area (Å²) in [5.74, 6) is 0.128. The van der Waals surface area contributed by atoms with E-state index in [1.807, 2.05) is 12.1 Å². The van der Waals surface area contributed by atoms with Crippen molar-refractivity contribution in [1.82, 2.24) is 9.88 Å². The van der Waals surface area contributed by atoms with E-state index in [1.54, 1.807) is 30.6 Å². The molecular weight excluding hydrogens is 398 g/mol. The molecule has 2 N–H and O–H groups in total. The maximum Gasteiger partial charge on any atom is 0.507 e. The number of anilines is 1. The quantitative estimate of drug-likeness (QED) is 0.518. The van der Waals surface area contributed by atoms with Gasteiger partial charge < -0.3 is 24.8 Å². The van der Waals surface area contributed by atoms with Crippen molar-refractivity contribution in [2.24, 2.45) is 0 Å². The van der Waals surface area contributed by atoms with Gasteiger partial charge in [0, 0.05) is 48.2 Å². The summed E-state index contributed by atoms with van der Waals surface area (Å²) in [6.45, 7) is 1.35. The molecule has 1 fully saturated rings. The molecule has 1 aliphatic rings. The number of amides is 1. The molecule has 0 aliphatic carbocycles. The van der Waals surface area contributed by atoms with Crippen LogP contribution in [0.5, 0.6) is 5.75 Å². The Kier molecular flexibility index (Phi) is 7.13. The lowest BCUT2D eigenvalue weighted by Crippen LogP contribution is -2.46. The molecule has 1 unspecified atom stereocenters. The molecule has 1 aromatic carbocycles. The Morgan fingerprint density at radius 3 is 2.79 bits per heavy atom. The number of nitrogens with one attached hydrogen (secondary N) is 1. The van der Waals surface area contributed by atoms with E-state index in [4.69, 9.17) is 26.2 Å². The standard InChI is InChI=1S/C20H22ClN3O5/c21-15-11-14(19(25)24-9-2-1-3-18(24)29-20(26)27)12-17(13-15)28-10-8-23-16-4-6-22-7-5-16/h4-7,11-13,18H,1-3,8-10H2,(H,22,23)(H,26,27). The molecule has 0 radical (unpaired) electrons. The van der Waals surface area contributed by atoms with E-state index in [2.05, 4.69) is 10.3 Å². The second kappa shape index (κ2) is 9.97. The third-order valence-electron chi connectivity index (χ3n) is 4.44. The molecule has 154 valence electrons. The molecule has 2 aromatic rings. The summed E-state index contributed by atoms with van der Waals surface area (Å²) >= 11 is 6.16. The molecule has 1 amide bonds. The van der Waals surface area contributed by atoms with Gasteiger partial charge in [0.15, 0.2) is 6.23 Å². The molecule has 9 heteroatoms. The van der Waals surface area contributed by atoms with Crippen molar-refractivity contribution in [2.45, 2.75) is 25.5 Å². The van der Waals surface area contributed by atoms with Gasteiger partial charge in [0.25, 0.3) is 5.91 Å². The van der Waals surface area contributed by atoms with Crippen molar-refractivity contribution in [3.05, 3.63) is 53.3 Å². The summed E-state index contributed by atoms with van der Waals surface area (Å²) in [6.07, 6.45) is 3.27. The average Bonchev–Trinajstić information content (AvgIpc) is 2.71. The first-order valence-electron chi connectivity index (χ1n) is 9.31. The van der Waals surface area contributed by atoms with E-state index in [9.17, 15) is 9.59 Å². The van der Waals surface area contributed by atoms with Gasteiger partial charge in [-0.05, 0) is 43.2 Å². The van der Waals surface area contributed by atoms with Gasteiger partial charge >= 0.3 is 6.16 Å². The number of carbonyl (C=O) groups excluding carboxylic acids is 1. The van der Waals surface area contributed by atoms with Crippen molar-refractivity contribution < 1.29 is 24.2 Å². The topological polar surface area (TPSA) is 101 Å². The van der Waals surface area contributed by atoms with Gasteiger partial charge in [0.2, 0.25) is 0 Å². The van der Waals surface area contributed by atoms with E-state index < -0.39 is 12.4 Å². The average molecular weight is 420 g/mol. The number of carbonyl (C=O) groups is 2. The van der Waals surface area contributed by atoms with Crippen molar-refractivity contribution in [3.8, 4) is 5.75 Å². The highest BCUT2D eigenvalue weighted by atomic mass is 35.5. The molecule has 29 heavy (non-hydrogen) atoms. The largest absolute Gasteiger partial charge is 0.507 e. The van der Waals surface area contributed by atoms with E-state index in [0.717, 1.165) is 18.5 Å². The molecule has 0 bridgehead atoms. The highest BCUT2D eigenvalue weighted by Gasteiger charge is 2.30. The molecule has 1 aliphatic heterocycles. The van der Waals surface area contributed by atoms with Gasteiger partial charge in [-0.1, -0.05) is 11.6 Å². The summed E-state index contributed by atoms with van der Waals surface area (Å²) in [5, 5.41) is 12.5. The van der Waals surface area contributed by atoms with Crippen LogP contribution < -0.4 is 10.1 Å². The predicted octanol–water partition coefficient (Wildman–Crippen LogP) is 3.87. The van der Waals surface area contributed by atoms with Crippen LogP contribution in [-0.4, -0.2) is 53.0 Å². The molecule has 2 heterocycles. The Hall–Kier alpha value is -3.00. The van der Waals surface area contributed by atoms with Crippen molar-refractivity contribution >= 4 is 29.4 Å². The zero-order valence-electron chi connectivity index (χ0n) is 15.7. The van der Waals surface area contributed by atoms with Crippen molar-refractivity contribution in [3.63, 3.8) is 0 Å². The van der Waals surface area contributed by atoms with Crippen LogP contribution in [0.1, 0.15) is 29.6 Å². The number of halogens is 1. The van der Waals surface area contributed by atoms with Gasteiger partial charge in [0.1, 0.15) is 12.4 Å². The maximum absolute atomic E-state index is 12.9. The second-order valence-corrected chi connectivity index (χ2v) is 6.96. The zero-order chi connectivity index (χ0) is 20.6. The molecule has 0 spiro atoms. The first-order valence-corrected chi connectivity index (χ1v) is 9.68. The fraction of sp³-hybridized carbons (Fsp3) is 0.350. The van der Waals surface area contributed by atoms with Crippen molar-refractivity contribution in [2.75, 3.05) is 25.0 Å². The highest BCUT2D eigenvalue weighted by Crippen LogP contribution is 2.25. The number of benzene rings is 1. The summed E-state index contributed by atoms with van der Waals surface area (Å²) in [4.78, 5) is 29.2. The molecule has 0 saturated carbocycles. The molecule has 1 saturated heterocycles. The Bertz CT molecular complexity index is 849. The zero-order valence-corrected chi connectivity index (χ0v) is 16.5. The summed E-state index contributed by atoms with van der Waals surface area (Å²) < 4.78 is 10.6. The number of ether oxygens (including phenoxy) is 2. The number of hydrogen-bond acceptors (Lipinski definition) is 6. The van der Waals surface area contributed by atoms with Gasteiger partial charge in [0.05, 0.1) is 0 Å². The Morgan fingerprint density at radius 2 is 2.03 bits per heavy atom. The summed E-state index contributed by atoms with van der Waals surface area (Å²) in [6, 6.07) is 8.48. The lowest BCUT2D eigenvalue weighted by atomic mass is 10.1. The third-order valence-corrected chi connectivity index (χ3v) is 4.66. The fourth-order valence-electron chi connectivity index (χ4n) is 3.14. The van der Waals surface area contributed by atoms with Crippen LogP contribution in [0.25, 0.3) is 0 Å². The molecule has 8 nitrogen and oxygen atoms in total. The van der Waals surface area contributed by atoms with Gasteiger partial charge in [-0.2, -0.15) is 0 Å². The summed E-state index contributed by atoms with van der Waals surface area (Å²) in [7, 11) is 0. The van der Waals surface area contributed by atoms with Crippen molar-refractivity contribution in [1.29, 1.82) is 0 Å². The monoisotopic (exact) mass is 419 g/mol. The molecule has 1 atom stereocenters. The van der Waals surface area contributed by atoms with Crippen LogP contribution in [0.15, 0.2) is 42.7 Å². The minimum absolute atomic E-state index is 0.329. The van der Waals surface area contributed by atoms with E-state index in [-0.39, 0.29) is 5.91 Å². The van der Waals surface area contributed by atoms with Gasteiger partial charge in [-0.3, -0.25) is 9.78 Å². The molecule has 3 rings (SSSR count). The first kappa shape index (κ1) is 20.7. The number of aromatic nitrogens is 1. The molecule has 1 aromatic heterocycles. The van der Waals surface area contributed by atoms with Gasteiger partial charge in [-0.15, -0.1) is 0 Å². The number of rotatable bonds is 7. The van der Waals surface area contributed by atoms with Crippen LogP contribution >= 0.6 is 11.6 Å². The minimum atomic E-state index is -1.40. The fourth-order valence-corrected chi connectivity index (χ4v) is 3.37. The van der Waals surface area contributed by atoms with E-state index in [0.29, 0.717) is 42.5 Å². The van der Waals surface area contributed by atoms with Crippen LogP contribution in [0.2, 0.25) is 5.02 Å². The number of hydrogen-bond donors (Lipinski definition) is 2. The van der Waals surface area contributed by atoms with Gasteiger partial charge in [-0.25, -0.2) is 4.79 Å². The number of likely N-dealkylation sites (tertiary alicyclic amines) is 1. The number of piperidine rings is 1.